The summed E-state index contributed by atoms with van der Waals surface area (Å²) in [6, 6.07) is 14.1. The van der Waals surface area contributed by atoms with E-state index in [0.717, 1.165) is 40.0 Å². The Morgan fingerprint density at radius 1 is 1.07 bits per heavy atom. The fraction of sp³-hybridized carbons (Fsp3) is 0.227. The number of pyridine rings is 1. The SMILES string of the molecule is CN(OCc1ccccc1)c1nc(-c2cccnc2)nc2sc3c(c12)CCC3. The second kappa shape index (κ2) is 7.30. The zero-order chi connectivity index (χ0) is 18.9. The highest BCUT2D eigenvalue weighted by atomic mass is 32.1. The maximum absolute atomic E-state index is 6.07. The number of anilines is 1. The molecular formula is C22H20N4OS. The van der Waals surface area contributed by atoms with Crippen molar-refractivity contribution in [3.05, 3.63) is 70.9 Å². The Morgan fingerprint density at radius 2 is 1.96 bits per heavy atom. The van der Waals surface area contributed by atoms with Crippen molar-refractivity contribution in [2.45, 2.75) is 25.9 Å². The summed E-state index contributed by atoms with van der Waals surface area (Å²) in [5.74, 6) is 1.52. The van der Waals surface area contributed by atoms with E-state index in [2.05, 4.69) is 17.1 Å². The van der Waals surface area contributed by atoms with Gasteiger partial charge in [0.1, 0.15) is 4.83 Å². The molecule has 0 saturated carbocycles. The van der Waals surface area contributed by atoms with Crippen LogP contribution < -0.4 is 5.06 Å². The largest absolute Gasteiger partial charge is 0.267 e. The standard InChI is InChI=1S/C22H20N4OS/c1-26(27-14-15-7-3-2-4-8-15)21-19-17-10-5-11-18(17)28-22(19)25-20(24-21)16-9-6-12-23-13-16/h2-4,6-9,12-13H,5,10-11,14H2,1H3. The number of hydrogen-bond acceptors (Lipinski definition) is 6. The summed E-state index contributed by atoms with van der Waals surface area (Å²) < 4.78 is 0. The minimum absolute atomic E-state index is 0.497. The number of aryl methyl sites for hydroxylation is 2. The monoisotopic (exact) mass is 388 g/mol. The van der Waals surface area contributed by atoms with Gasteiger partial charge in [-0.3, -0.25) is 9.82 Å². The van der Waals surface area contributed by atoms with Crippen LogP contribution in [0.15, 0.2) is 54.9 Å². The fourth-order valence-corrected chi connectivity index (χ4v) is 4.89. The average Bonchev–Trinajstić information content (AvgIpc) is 3.34. The Balaban J connectivity index is 1.57. The molecule has 3 aromatic heterocycles. The van der Waals surface area contributed by atoms with Crippen LogP contribution >= 0.6 is 11.3 Å². The van der Waals surface area contributed by atoms with Crippen LogP contribution in [0.2, 0.25) is 0 Å². The first-order valence-corrected chi connectivity index (χ1v) is 10.2. The van der Waals surface area contributed by atoms with E-state index in [4.69, 9.17) is 14.8 Å². The molecule has 0 spiro atoms. The highest BCUT2D eigenvalue weighted by Crippen LogP contribution is 2.41. The third kappa shape index (κ3) is 3.15. The maximum atomic E-state index is 6.07. The van der Waals surface area contributed by atoms with E-state index in [1.165, 1.54) is 16.9 Å². The van der Waals surface area contributed by atoms with Crippen molar-refractivity contribution in [2.75, 3.05) is 12.1 Å². The van der Waals surface area contributed by atoms with E-state index in [-0.39, 0.29) is 0 Å². The molecule has 0 bridgehead atoms. The van der Waals surface area contributed by atoms with Crippen LogP contribution in [0, 0.1) is 0 Å². The molecule has 0 amide bonds. The van der Waals surface area contributed by atoms with Crippen LogP contribution in [0.3, 0.4) is 0 Å². The van der Waals surface area contributed by atoms with Crippen molar-refractivity contribution >= 4 is 27.4 Å². The molecule has 1 aliphatic rings. The van der Waals surface area contributed by atoms with E-state index in [0.29, 0.717) is 12.4 Å². The van der Waals surface area contributed by atoms with Gasteiger partial charge in [-0.2, -0.15) is 0 Å². The molecule has 0 aliphatic heterocycles. The van der Waals surface area contributed by atoms with E-state index >= 15 is 0 Å². The lowest BCUT2D eigenvalue weighted by molar-refractivity contribution is 0.107. The molecule has 0 saturated heterocycles. The van der Waals surface area contributed by atoms with Gasteiger partial charge in [0.25, 0.3) is 0 Å². The smallest absolute Gasteiger partial charge is 0.165 e. The number of fused-ring (bicyclic) bond motifs is 3. The Hall–Kier alpha value is -2.83. The van der Waals surface area contributed by atoms with Crippen LogP contribution in [-0.2, 0) is 24.3 Å². The highest BCUT2D eigenvalue weighted by Gasteiger charge is 2.24. The van der Waals surface area contributed by atoms with Gasteiger partial charge in [0, 0.05) is 29.9 Å². The zero-order valence-corrected chi connectivity index (χ0v) is 16.4. The van der Waals surface area contributed by atoms with E-state index < -0.39 is 0 Å². The lowest BCUT2D eigenvalue weighted by Gasteiger charge is -2.20. The van der Waals surface area contributed by atoms with Crippen LogP contribution in [-0.4, -0.2) is 22.0 Å². The van der Waals surface area contributed by atoms with Crippen LogP contribution in [0.4, 0.5) is 5.82 Å². The lowest BCUT2D eigenvalue weighted by atomic mass is 10.2. The number of benzene rings is 1. The van der Waals surface area contributed by atoms with Gasteiger partial charge in [0.15, 0.2) is 11.6 Å². The first-order valence-electron chi connectivity index (χ1n) is 9.43. The van der Waals surface area contributed by atoms with Gasteiger partial charge >= 0.3 is 0 Å². The third-order valence-corrected chi connectivity index (χ3v) is 6.22. The molecule has 5 nitrogen and oxygen atoms in total. The quantitative estimate of drug-likeness (QED) is 0.459. The molecular weight excluding hydrogens is 368 g/mol. The average molecular weight is 388 g/mol. The topological polar surface area (TPSA) is 51.1 Å². The molecule has 0 radical (unpaired) electrons. The van der Waals surface area contributed by atoms with E-state index in [1.807, 2.05) is 37.4 Å². The summed E-state index contributed by atoms with van der Waals surface area (Å²) in [4.78, 5) is 22.5. The molecule has 0 N–H and O–H groups in total. The molecule has 0 atom stereocenters. The second-order valence-electron chi connectivity index (χ2n) is 6.91. The second-order valence-corrected chi connectivity index (χ2v) is 7.99. The minimum Gasteiger partial charge on any atom is -0.267 e. The van der Waals surface area contributed by atoms with E-state index in [1.54, 1.807) is 28.8 Å². The molecule has 0 unspecified atom stereocenters. The molecule has 4 aromatic rings. The molecule has 1 aliphatic carbocycles. The number of hydrogen-bond donors (Lipinski definition) is 0. The number of hydroxylamine groups is 1. The number of thiophene rings is 1. The predicted octanol–water partition coefficient (Wildman–Crippen LogP) is 4.81. The lowest BCUT2D eigenvalue weighted by Crippen LogP contribution is -2.19. The minimum atomic E-state index is 0.497. The molecule has 5 rings (SSSR count). The van der Waals surface area contributed by atoms with Crippen LogP contribution in [0.5, 0.6) is 0 Å². The van der Waals surface area contributed by atoms with Crippen molar-refractivity contribution in [2.24, 2.45) is 0 Å². The maximum Gasteiger partial charge on any atom is 0.165 e. The van der Waals surface area contributed by atoms with Crippen molar-refractivity contribution in [3.8, 4) is 11.4 Å². The Kier molecular flexibility index (Phi) is 4.50. The highest BCUT2D eigenvalue weighted by molar-refractivity contribution is 7.19. The zero-order valence-electron chi connectivity index (χ0n) is 15.6. The van der Waals surface area contributed by atoms with Gasteiger partial charge in [0.05, 0.1) is 12.0 Å². The molecule has 1 aromatic carbocycles. The summed E-state index contributed by atoms with van der Waals surface area (Å²) in [7, 11) is 1.93. The van der Waals surface area contributed by atoms with Crippen molar-refractivity contribution < 1.29 is 4.84 Å². The Bertz CT molecular complexity index is 1110. The van der Waals surface area contributed by atoms with Gasteiger partial charge in [0.2, 0.25) is 0 Å². The summed E-state index contributed by atoms with van der Waals surface area (Å²) in [5, 5.41) is 2.93. The summed E-state index contributed by atoms with van der Waals surface area (Å²) >= 11 is 1.79. The first kappa shape index (κ1) is 17.3. The fourth-order valence-electron chi connectivity index (χ4n) is 3.64. The van der Waals surface area contributed by atoms with Crippen molar-refractivity contribution in [1.29, 1.82) is 0 Å². The van der Waals surface area contributed by atoms with Gasteiger partial charge in [-0.25, -0.2) is 15.0 Å². The Labute approximate surface area is 167 Å². The normalized spacial score (nSPS) is 13.0. The Morgan fingerprint density at radius 3 is 2.79 bits per heavy atom. The van der Waals surface area contributed by atoms with Gasteiger partial charge in [-0.05, 0) is 42.5 Å². The predicted molar refractivity (Wildman–Crippen MR) is 112 cm³/mol. The van der Waals surface area contributed by atoms with Crippen LogP contribution in [0.1, 0.15) is 22.4 Å². The van der Waals surface area contributed by atoms with Gasteiger partial charge < -0.3 is 0 Å². The molecule has 3 heterocycles. The number of nitrogens with zero attached hydrogens (tertiary/aromatic N) is 4. The van der Waals surface area contributed by atoms with Crippen LogP contribution in [0.25, 0.3) is 21.6 Å². The van der Waals surface area contributed by atoms with Crippen molar-refractivity contribution in [1.82, 2.24) is 15.0 Å². The van der Waals surface area contributed by atoms with Gasteiger partial charge in [-0.15, -0.1) is 11.3 Å². The molecule has 28 heavy (non-hydrogen) atoms. The third-order valence-electron chi connectivity index (χ3n) is 5.03. The number of rotatable bonds is 5. The van der Waals surface area contributed by atoms with Gasteiger partial charge in [-0.1, -0.05) is 30.3 Å². The molecule has 0 fully saturated rings. The molecule has 6 heteroatoms. The van der Waals surface area contributed by atoms with Crippen molar-refractivity contribution in [3.63, 3.8) is 0 Å². The summed E-state index contributed by atoms with van der Waals surface area (Å²) in [6.45, 7) is 0.497. The van der Waals surface area contributed by atoms with E-state index in [9.17, 15) is 0 Å². The number of aromatic nitrogens is 3. The molecule has 140 valence electrons. The summed E-state index contributed by atoms with van der Waals surface area (Å²) in [5.41, 5.74) is 3.43. The first-order chi connectivity index (χ1) is 13.8. The summed E-state index contributed by atoms with van der Waals surface area (Å²) in [6.07, 6.45) is 6.99.